The molecule has 1 amide bonds. The van der Waals surface area contributed by atoms with Crippen molar-refractivity contribution in [1.29, 1.82) is 0 Å². The molecule has 1 aliphatic heterocycles. The van der Waals surface area contributed by atoms with Gasteiger partial charge in [0.15, 0.2) is 0 Å². The summed E-state index contributed by atoms with van der Waals surface area (Å²) in [5.74, 6) is 0.685. The number of nitrogens with zero attached hydrogens (tertiary/aromatic N) is 6. The standard InChI is InChI=1S/C16H23N7O2/c24-15(3-1-8-23-13-18-12-21-23)20-10-16(25)4-2-7-22(11-16)14-9-17-5-6-19-14/h5-6,9,12-13,25H,1-4,7-8,10-11H2,(H,20,24)/t16-/m0/s1. The minimum absolute atomic E-state index is 0.0647. The highest BCUT2D eigenvalue weighted by Gasteiger charge is 2.34. The normalized spacial score (nSPS) is 20.4. The minimum atomic E-state index is -0.947. The van der Waals surface area contributed by atoms with Gasteiger partial charge in [-0.25, -0.2) is 9.97 Å². The first kappa shape index (κ1) is 17.3. The zero-order valence-electron chi connectivity index (χ0n) is 14.1. The number of amides is 1. The molecule has 2 N–H and O–H groups in total. The van der Waals surface area contributed by atoms with Crippen molar-refractivity contribution in [3.63, 3.8) is 0 Å². The van der Waals surface area contributed by atoms with Gasteiger partial charge < -0.3 is 15.3 Å². The van der Waals surface area contributed by atoms with Gasteiger partial charge >= 0.3 is 0 Å². The van der Waals surface area contributed by atoms with Crippen LogP contribution in [-0.2, 0) is 11.3 Å². The molecular weight excluding hydrogens is 322 g/mol. The van der Waals surface area contributed by atoms with E-state index >= 15 is 0 Å². The van der Waals surface area contributed by atoms with Crippen LogP contribution < -0.4 is 10.2 Å². The summed E-state index contributed by atoms with van der Waals surface area (Å²) in [7, 11) is 0. The molecule has 2 aromatic rings. The lowest BCUT2D eigenvalue weighted by molar-refractivity contribution is -0.122. The van der Waals surface area contributed by atoms with Crippen molar-refractivity contribution in [2.24, 2.45) is 0 Å². The van der Waals surface area contributed by atoms with E-state index in [1.807, 2.05) is 4.90 Å². The number of aliphatic hydroxyl groups is 1. The molecule has 25 heavy (non-hydrogen) atoms. The zero-order chi connectivity index (χ0) is 17.5. The molecule has 134 valence electrons. The number of β-amino-alcohol motifs (C(OH)–C–C–N with tert-alkyl or cyclic N) is 1. The predicted molar refractivity (Wildman–Crippen MR) is 90.7 cm³/mol. The summed E-state index contributed by atoms with van der Waals surface area (Å²) in [4.78, 5) is 26.2. The summed E-state index contributed by atoms with van der Waals surface area (Å²) in [6, 6.07) is 0. The van der Waals surface area contributed by atoms with Gasteiger partial charge in [-0.3, -0.25) is 14.5 Å². The first-order chi connectivity index (χ1) is 12.1. The molecule has 0 unspecified atom stereocenters. The van der Waals surface area contributed by atoms with Crippen molar-refractivity contribution >= 4 is 11.7 Å². The van der Waals surface area contributed by atoms with Crippen molar-refractivity contribution in [3.8, 4) is 0 Å². The molecule has 0 spiro atoms. The SMILES string of the molecule is O=C(CCCn1cncn1)NC[C@@]1(O)CCCN(c2cnccn2)C1. The molecule has 3 rings (SSSR count). The minimum Gasteiger partial charge on any atom is -0.386 e. The summed E-state index contributed by atoms with van der Waals surface area (Å²) in [6.07, 6.45) is 10.6. The zero-order valence-corrected chi connectivity index (χ0v) is 14.1. The Labute approximate surface area is 146 Å². The van der Waals surface area contributed by atoms with Crippen LogP contribution in [0.1, 0.15) is 25.7 Å². The fourth-order valence-corrected chi connectivity index (χ4v) is 3.01. The fraction of sp³-hybridized carbons (Fsp3) is 0.562. The summed E-state index contributed by atoms with van der Waals surface area (Å²) in [6.45, 7) is 2.15. The van der Waals surface area contributed by atoms with Crippen LogP contribution in [0.4, 0.5) is 5.82 Å². The first-order valence-electron chi connectivity index (χ1n) is 8.47. The number of rotatable bonds is 7. The maximum Gasteiger partial charge on any atom is 0.220 e. The third-order valence-electron chi connectivity index (χ3n) is 4.30. The predicted octanol–water partition coefficient (Wildman–Crippen LogP) is -0.00400. The molecule has 0 aromatic carbocycles. The second-order valence-electron chi connectivity index (χ2n) is 6.35. The van der Waals surface area contributed by atoms with Crippen LogP contribution in [0.15, 0.2) is 31.2 Å². The molecule has 1 fully saturated rings. The van der Waals surface area contributed by atoms with Gasteiger partial charge in [-0.2, -0.15) is 5.10 Å². The van der Waals surface area contributed by atoms with Crippen LogP contribution >= 0.6 is 0 Å². The molecule has 1 aliphatic rings. The lowest BCUT2D eigenvalue weighted by Crippen LogP contribution is -2.54. The van der Waals surface area contributed by atoms with Gasteiger partial charge in [0.25, 0.3) is 0 Å². The monoisotopic (exact) mass is 345 g/mol. The van der Waals surface area contributed by atoms with E-state index < -0.39 is 5.60 Å². The Bertz CT molecular complexity index is 664. The molecular formula is C16H23N7O2. The number of nitrogens with one attached hydrogen (secondary N) is 1. The van der Waals surface area contributed by atoms with Gasteiger partial charge in [-0.15, -0.1) is 0 Å². The molecule has 2 aromatic heterocycles. The number of hydrogen-bond donors (Lipinski definition) is 2. The Morgan fingerprint density at radius 1 is 1.36 bits per heavy atom. The quantitative estimate of drug-likeness (QED) is 0.727. The average Bonchev–Trinajstić information content (AvgIpc) is 3.14. The topological polar surface area (TPSA) is 109 Å². The van der Waals surface area contributed by atoms with Gasteiger partial charge in [-0.1, -0.05) is 0 Å². The summed E-state index contributed by atoms with van der Waals surface area (Å²) < 4.78 is 1.70. The van der Waals surface area contributed by atoms with Crippen molar-refractivity contribution in [2.75, 3.05) is 24.5 Å². The summed E-state index contributed by atoms with van der Waals surface area (Å²) in [5.41, 5.74) is -0.947. The Hall–Kier alpha value is -2.55. The lowest BCUT2D eigenvalue weighted by atomic mass is 9.92. The summed E-state index contributed by atoms with van der Waals surface area (Å²) in [5, 5.41) is 17.6. The average molecular weight is 345 g/mol. The van der Waals surface area contributed by atoms with Crippen LogP contribution in [-0.4, -0.2) is 61.0 Å². The van der Waals surface area contributed by atoms with E-state index in [4.69, 9.17) is 0 Å². The number of aryl methyl sites for hydroxylation is 1. The van der Waals surface area contributed by atoms with Crippen LogP contribution in [0.2, 0.25) is 0 Å². The van der Waals surface area contributed by atoms with Gasteiger partial charge in [0, 0.05) is 45.0 Å². The Morgan fingerprint density at radius 2 is 2.28 bits per heavy atom. The molecule has 9 heteroatoms. The number of hydrogen-bond acceptors (Lipinski definition) is 7. The second-order valence-corrected chi connectivity index (χ2v) is 6.35. The van der Waals surface area contributed by atoms with Crippen LogP contribution in [0.25, 0.3) is 0 Å². The van der Waals surface area contributed by atoms with E-state index in [2.05, 4.69) is 25.4 Å². The maximum atomic E-state index is 12.0. The van der Waals surface area contributed by atoms with E-state index in [1.54, 1.807) is 29.6 Å². The third kappa shape index (κ3) is 4.96. The largest absolute Gasteiger partial charge is 0.386 e. The van der Waals surface area contributed by atoms with Gasteiger partial charge in [0.1, 0.15) is 18.5 Å². The van der Waals surface area contributed by atoms with Crippen LogP contribution in [0.5, 0.6) is 0 Å². The summed E-state index contributed by atoms with van der Waals surface area (Å²) >= 11 is 0. The molecule has 3 heterocycles. The molecule has 0 saturated carbocycles. The number of anilines is 1. The fourth-order valence-electron chi connectivity index (χ4n) is 3.01. The van der Waals surface area contributed by atoms with E-state index in [9.17, 15) is 9.90 Å². The van der Waals surface area contributed by atoms with Crippen molar-refractivity contribution in [3.05, 3.63) is 31.2 Å². The highest BCUT2D eigenvalue weighted by Crippen LogP contribution is 2.23. The Morgan fingerprint density at radius 3 is 3.04 bits per heavy atom. The molecule has 9 nitrogen and oxygen atoms in total. The molecule has 0 radical (unpaired) electrons. The van der Waals surface area contributed by atoms with Crippen molar-refractivity contribution in [1.82, 2.24) is 30.0 Å². The molecule has 1 saturated heterocycles. The molecule has 1 atom stereocenters. The number of carbonyl (C=O) groups excluding carboxylic acids is 1. The van der Waals surface area contributed by atoms with Gasteiger partial charge in [0.2, 0.25) is 5.91 Å². The van der Waals surface area contributed by atoms with Crippen LogP contribution in [0, 0.1) is 0 Å². The highest BCUT2D eigenvalue weighted by molar-refractivity contribution is 5.75. The van der Waals surface area contributed by atoms with Gasteiger partial charge in [0.05, 0.1) is 11.8 Å². The van der Waals surface area contributed by atoms with Crippen molar-refractivity contribution < 1.29 is 9.90 Å². The lowest BCUT2D eigenvalue weighted by Gasteiger charge is -2.39. The number of aromatic nitrogens is 5. The number of piperidine rings is 1. The van der Waals surface area contributed by atoms with Crippen LogP contribution in [0.3, 0.4) is 0 Å². The van der Waals surface area contributed by atoms with E-state index in [0.717, 1.165) is 18.8 Å². The smallest absolute Gasteiger partial charge is 0.220 e. The van der Waals surface area contributed by atoms with Gasteiger partial charge in [-0.05, 0) is 19.3 Å². The molecule has 0 bridgehead atoms. The second kappa shape index (κ2) is 8.02. The highest BCUT2D eigenvalue weighted by atomic mass is 16.3. The van der Waals surface area contributed by atoms with E-state index in [0.29, 0.717) is 32.4 Å². The Kier molecular flexibility index (Phi) is 5.54. The maximum absolute atomic E-state index is 12.0. The Balaban J connectivity index is 1.44. The van der Waals surface area contributed by atoms with E-state index in [-0.39, 0.29) is 12.5 Å². The van der Waals surface area contributed by atoms with Crippen molar-refractivity contribution in [2.45, 2.75) is 37.8 Å². The molecule has 0 aliphatic carbocycles. The third-order valence-corrected chi connectivity index (χ3v) is 4.30. The van der Waals surface area contributed by atoms with E-state index in [1.165, 1.54) is 6.33 Å². The number of carbonyl (C=O) groups is 1. The first-order valence-corrected chi connectivity index (χ1v) is 8.47.